The highest BCUT2D eigenvalue weighted by Crippen LogP contribution is 2.29. The summed E-state index contributed by atoms with van der Waals surface area (Å²) < 4.78 is 0. The van der Waals surface area contributed by atoms with Crippen LogP contribution >= 0.6 is 0 Å². The second-order valence-electron chi connectivity index (χ2n) is 6.17. The lowest BCUT2D eigenvalue weighted by Crippen LogP contribution is -2.53. The average molecular weight is 238 g/mol. The normalized spacial score (nSPS) is 33.1. The summed E-state index contributed by atoms with van der Waals surface area (Å²) in [5, 5.41) is 3.28. The molecule has 2 atom stereocenters. The summed E-state index contributed by atoms with van der Waals surface area (Å²) in [5.74, 6) is 0.268. The maximum Gasteiger partial charge on any atom is 0.225 e. The van der Waals surface area contributed by atoms with Gasteiger partial charge in [0.15, 0.2) is 0 Å². The van der Waals surface area contributed by atoms with Crippen LogP contribution in [0.25, 0.3) is 0 Å². The van der Waals surface area contributed by atoms with Gasteiger partial charge in [0.05, 0.1) is 5.92 Å². The number of hydrogen-bond donors (Lipinski definition) is 2. The summed E-state index contributed by atoms with van der Waals surface area (Å²) in [4.78, 5) is 12.3. The van der Waals surface area contributed by atoms with E-state index in [-0.39, 0.29) is 23.4 Å². The number of amides is 1. The Morgan fingerprint density at radius 2 is 1.76 bits per heavy atom. The molecule has 0 bridgehead atoms. The molecular weight excluding hydrogens is 212 g/mol. The fourth-order valence-corrected chi connectivity index (χ4v) is 3.33. The summed E-state index contributed by atoms with van der Waals surface area (Å²) in [6.07, 6.45) is 10.4. The molecule has 3 N–H and O–H groups in total. The van der Waals surface area contributed by atoms with E-state index < -0.39 is 0 Å². The molecule has 2 rings (SSSR count). The number of carbonyl (C=O) groups is 1. The summed E-state index contributed by atoms with van der Waals surface area (Å²) in [6.45, 7) is 2.19. The molecule has 0 aliphatic heterocycles. The van der Waals surface area contributed by atoms with Gasteiger partial charge in [0.25, 0.3) is 0 Å². The highest BCUT2D eigenvalue weighted by Gasteiger charge is 2.34. The maximum absolute atomic E-state index is 12.3. The summed E-state index contributed by atoms with van der Waals surface area (Å²) in [7, 11) is 0. The SMILES string of the molecule is CC1(NC(=O)C2CCCCC2N)CCCCC1. The minimum Gasteiger partial charge on any atom is -0.351 e. The molecule has 2 aliphatic rings. The lowest BCUT2D eigenvalue weighted by atomic mass is 9.80. The van der Waals surface area contributed by atoms with Crippen molar-refractivity contribution in [3.8, 4) is 0 Å². The molecule has 98 valence electrons. The molecule has 0 spiro atoms. The molecule has 0 aromatic heterocycles. The number of nitrogens with one attached hydrogen (secondary N) is 1. The minimum atomic E-state index is 0.0342. The van der Waals surface area contributed by atoms with E-state index in [9.17, 15) is 4.79 Å². The topological polar surface area (TPSA) is 55.1 Å². The first-order chi connectivity index (χ1) is 8.11. The lowest BCUT2D eigenvalue weighted by Gasteiger charge is -2.37. The van der Waals surface area contributed by atoms with Crippen molar-refractivity contribution in [1.29, 1.82) is 0 Å². The Morgan fingerprint density at radius 1 is 1.12 bits per heavy atom. The van der Waals surface area contributed by atoms with Gasteiger partial charge in [-0.15, -0.1) is 0 Å². The third-order valence-electron chi connectivity index (χ3n) is 4.54. The summed E-state index contributed by atoms with van der Waals surface area (Å²) in [6, 6.07) is 0.0796. The highest BCUT2D eigenvalue weighted by atomic mass is 16.2. The van der Waals surface area contributed by atoms with Crippen molar-refractivity contribution in [3.05, 3.63) is 0 Å². The van der Waals surface area contributed by atoms with Gasteiger partial charge in [-0.3, -0.25) is 4.79 Å². The van der Waals surface area contributed by atoms with E-state index in [0.29, 0.717) is 0 Å². The smallest absolute Gasteiger partial charge is 0.225 e. The van der Waals surface area contributed by atoms with Gasteiger partial charge in [0.1, 0.15) is 0 Å². The highest BCUT2D eigenvalue weighted by molar-refractivity contribution is 5.80. The second kappa shape index (κ2) is 5.38. The van der Waals surface area contributed by atoms with Crippen LogP contribution in [0.1, 0.15) is 64.7 Å². The van der Waals surface area contributed by atoms with Gasteiger partial charge in [-0.2, -0.15) is 0 Å². The monoisotopic (exact) mass is 238 g/mol. The molecule has 2 saturated carbocycles. The number of hydrogen-bond acceptors (Lipinski definition) is 2. The van der Waals surface area contributed by atoms with Crippen LogP contribution < -0.4 is 11.1 Å². The Labute approximate surface area is 105 Å². The Bertz CT molecular complexity index is 271. The van der Waals surface area contributed by atoms with Crippen LogP contribution in [-0.2, 0) is 4.79 Å². The minimum absolute atomic E-state index is 0.0342. The zero-order valence-corrected chi connectivity index (χ0v) is 11.0. The maximum atomic E-state index is 12.3. The number of carbonyl (C=O) groups excluding carboxylic acids is 1. The van der Waals surface area contributed by atoms with Crippen molar-refractivity contribution in [1.82, 2.24) is 5.32 Å². The summed E-state index contributed by atoms with van der Waals surface area (Å²) in [5.41, 5.74) is 6.10. The van der Waals surface area contributed by atoms with Crippen LogP contribution in [-0.4, -0.2) is 17.5 Å². The first-order valence-electron chi connectivity index (χ1n) is 7.18. The number of nitrogens with two attached hydrogens (primary N) is 1. The summed E-state index contributed by atoms with van der Waals surface area (Å²) >= 11 is 0. The van der Waals surface area contributed by atoms with Crippen LogP contribution in [0.15, 0.2) is 0 Å². The predicted octanol–water partition coefficient (Wildman–Crippen LogP) is 2.34. The molecule has 2 fully saturated rings. The average Bonchev–Trinajstić information content (AvgIpc) is 2.29. The molecular formula is C14H26N2O. The molecule has 0 aromatic carbocycles. The molecule has 2 aliphatic carbocycles. The van der Waals surface area contributed by atoms with Gasteiger partial charge in [-0.1, -0.05) is 32.1 Å². The third-order valence-corrected chi connectivity index (χ3v) is 4.54. The largest absolute Gasteiger partial charge is 0.351 e. The molecule has 3 heteroatoms. The van der Waals surface area contributed by atoms with Crippen molar-refractivity contribution in [2.45, 2.75) is 76.3 Å². The third kappa shape index (κ3) is 3.21. The van der Waals surface area contributed by atoms with Crippen LogP contribution in [0, 0.1) is 5.92 Å². The van der Waals surface area contributed by atoms with Crippen LogP contribution in [0.3, 0.4) is 0 Å². The Hall–Kier alpha value is -0.570. The van der Waals surface area contributed by atoms with E-state index in [0.717, 1.165) is 32.1 Å². The lowest BCUT2D eigenvalue weighted by molar-refractivity contribution is -0.128. The van der Waals surface area contributed by atoms with Crippen LogP contribution in [0.4, 0.5) is 0 Å². The fraction of sp³-hybridized carbons (Fsp3) is 0.929. The van der Waals surface area contributed by atoms with Gasteiger partial charge < -0.3 is 11.1 Å². The molecule has 0 radical (unpaired) electrons. The molecule has 0 heterocycles. The standard InChI is InChI=1S/C14H26N2O/c1-14(9-5-2-6-10-14)16-13(17)11-7-3-4-8-12(11)15/h11-12H,2-10,15H2,1H3,(H,16,17). The molecule has 0 aromatic rings. The van der Waals surface area contributed by atoms with Crippen LogP contribution in [0.2, 0.25) is 0 Å². The van der Waals surface area contributed by atoms with Gasteiger partial charge in [0.2, 0.25) is 5.91 Å². The van der Waals surface area contributed by atoms with Gasteiger partial charge >= 0.3 is 0 Å². The molecule has 17 heavy (non-hydrogen) atoms. The predicted molar refractivity (Wildman–Crippen MR) is 69.6 cm³/mol. The zero-order chi connectivity index (χ0) is 12.3. The number of rotatable bonds is 2. The first-order valence-corrected chi connectivity index (χ1v) is 7.18. The van der Waals surface area contributed by atoms with Gasteiger partial charge in [0, 0.05) is 11.6 Å². The van der Waals surface area contributed by atoms with E-state index in [1.54, 1.807) is 0 Å². The van der Waals surface area contributed by atoms with E-state index in [2.05, 4.69) is 12.2 Å². The molecule has 2 unspecified atom stereocenters. The van der Waals surface area contributed by atoms with Crippen LogP contribution in [0.5, 0.6) is 0 Å². The Balaban J connectivity index is 1.90. The first kappa shape index (κ1) is 12.9. The Morgan fingerprint density at radius 3 is 2.41 bits per heavy atom. The fourth-order valence-electron chi connectivity index (χ4n) is 3.33. The second-order valence-corrected chi connectivity index (χ2v) is 6.17. The molecule has 0 saturated heterocycles. The van der Waals surface area contributed by atoms with Crippen molar-refractivity contribution in [2.24, 2.45) is 11.7 Å². The quantitative estimate of drug-likeness (QED) is 0.776. The van der Waals surface area contributed by atoms with Gasteiger partial charge in [-0.25, -0.2) is 0 Å². The van der Waals surface area contributed by atoms with E-state index >= 15 is 0 Å². The van der Waals surface area contributed by atoms with Crippen molar-refractivity contribution >= 4 is 5.91 Å². The molecule has 1 amide bonds. The Kier molecular flexibility index (Phi) is 4.08. The molecule has 3 nitrogen and oxygen atoms in total. The van der Waals surface area contributed by atoms with E-state index in [1.165, 1.54) is 25.7 Å². The van der Waals surface area contributed by atoms with E-state index in [1.807, 2.05) is 0 Å². The van der Waals surface area contributed by atoms with Crippen molar-refractivity contribution < 1.29 is 4.79 Å². The van der Waals surface area contributed by atoms with Crippen molar-refractivity contribution in [3.63, 3.8) is 0 Å². The van der Waals surface area contributed by atoms with Crippen molar-refractivity contribution in [2.75, 3.05) is 0 Å². The van der Waals surface area contributed by atoms with Gasteiger partial charge in [-0.05, 0) is 32.6 Å². The zero-order valence-electron chi connectivity index (χ0n) is 11.0. The van der Waals surface area contributed by atoms with E-state index in [4.69, 9.17) is 5.73 Å².